The van der Waals surface area contributed by atoms with Gasteiger partial charge in [0.05, 0.1) is 12.3 Å². The molecule has 2 aromatic rings. The minimum absolute atomic E-state index is 0.0910. The van der Waals surface area contributed by atoms with Crippen molar-refractivity contribution in [3.63, 3.8) is 0 Å². The van der Waals surface area contributed by atoms with E-state index in [0.29, 0.717) is 12.3 Å². The van der Waals surface area contributed by atoms with Crippen LogP contribution < -0.4 is 5.32 Å². The van der Waals surface area contributed by atoms with Gasteiger partial charge in [0.2, 0.25) is 5.91 Å². The first kappa shape index (κ1) is 15.1. The average Bonchev–Trinajstić information content (AvgIpc) is 2.52. The van der Waals surface area contributed by atoms with Gasteiger partial charge in [0.25, 0.3) is 0 Å². The summed E-state index contributed by atoms with van der Waals surface area (Å²) in [6.07, 6.45) is 0. The van der Waals surface area contributed by atoms with E-state index in [0.717, 1.165) is 10.5 Å². The fraction of sp³-hybridized carbons (Fsp3) is 0.118. The normalized spacial score (nSPS) is 9.57. The van der Waals surface area contributed by atoms with Crippen LogP contribution >= 0.6 is 11.8 Å². The molecule has 2 aromatic carbocycles. The summed E-state index contributed by atoms with van der Waals surface area (Å²) < 4.78 is 12.7. The van der Waals surface area contributed by atoms with Crippen LogP contribution in [-0.2, 0) is 4.79 Å². The molecule has 0 unspecified atom stereocenters. The van der Waals surface area contributed by atoms with E-state index in [1.54, 1.807) is 12.1 Å². The number of rotatable bonds is 4. The van der Waals surface area contributed by atoms with Crippen molar-refractivity contribution in [2.24, 2.45) is 0 Å². The van der Waals surface area contributed by atoms with Gasteiger partial charge in [-0.05, 0) is 36.4 Å². The van der Waals surface area contributed by atoms with Gasteiger partial charge < -0.3 is 5.32 Å². The zero-order valence-corrected chi connectivity index (χ0v) is 12.1. The summed E-state index contributed by atoms with van der Waals surface area (Å²) in [5.74, 6) is 5.79. The molecule has 4 heteroatoms. The molecule has 0 atom stereocenters. The Balaban J connectivity index is 1.71. The van der Waals surface area contributed by atoms with Crippen molar-refractivity contribution in [2.75, 3.05) is 12.3 Å². The number of nitrogens with one attached hydrogen (secondary N) is 1. The lowest BCUT2D eigenvalue weighted by molar-refractivity contribution is -0.118. The smallest absolute Gasteiger partial charge is 0.231 e. The summed E-state index contributed by atoms with van der Waals surface area (Å²) >= 11 is 1.36. The fourth-order valence-electron chi connectivity index (χ4n) is 1.54. The fourth-order valence-corrected chi connectivity index (χ4v) is 2.27. The average molecular weight is 299 g/mol. The Labute approximate surface area is 127 Å². The summed E-state index contributed by atoms with van der Waals surface area (Å²) in [6, 6.07) is 15.7. The molecule has 0 aliphatic heterocycles. The molecule has 0 saturated carbocycles. The van der Waals surface area contributed by atoms with Crippen LogP contribution in [0.2, 0.25) is 0 Å². The van der Waals surface area contributed by atoms with Gasteiger partial charge >= 0.3 is 0 Å². The highest BCUT2D eigenvalue weighted by Crippen LogP contribution is 2.17. The molecule has 0 heterocycles. The second-order valence-electron chi connectivity index (χ2n) is 4.19. The van der Waals surface area contributed by atoms with Gasteiger partial charge in [0.1, 0.15) is 5.82 Å². The van der Waals surface area contributed by atoms with Crippen LogP contribution in [0.1, 0.15) is 5.56 Å². The third-order valence-electron chi connectivity index (χ3n) is 2.56. The Morgan fingerprint density at radius 1 is 1.10 bits per heavy atom. The van der Waals surface area contributed by atoms with Gasteiger partial charge in [-0.15, -0.1) is 11.8 Å². The molecule has 0 aliphatic carbocycles. The van der Waals surface area contributed by atoms with E-state index >= 15 is 0 Å². The summed E-state index contributed by atoms with van der Waals surface area (Å²) in [5.41, 5.74) is 0.924. The highest BCUT2D eigenvalue weighted by atomic mass is 32.2. The van der Waals surface area contributed by atoms with Crippen molar-refractivity contribution in [1.29, 1.82) is 0 Å². The highest BCUT2D eigenvalue weighted by Gasteiger charge is 2.01. The number of carbonyl (C=O) groups excluding carboxylic acids is 1. The van der Waals surface area contributed by atoms with Crippen LogP contribution in [-0.4, -0.2) is 18.2 Å². The molecule has 2 nitrogen and oxygen atoms in total. The molecular weight excluding hydrogens is 285 g/mol. The van der Waals surface area contributed by atoms with E-state index in [1.807, 2.05) is 30.3 Å². The largest absolute Gasteiger partial charge is 0.344 e. The zero-order valence-electron chi connectivity index (χ0n) is 11.3. The Morgan fingerprint density at radius 3 is 2.52 bits per heavy atom. The summed E-state index contributed by atoms with van der Waals surface area (Å²) in [5, 5.41) is 2.73. The van der Waals surface area contributed by atoms with E-state index in [-0.39, 0.29) is 11.7 Å². The monoisotopic (exact) mass is 299 g/mol. The van der Waals surface area contributed by atoms with E-state index in [4.69, 9.17) is 0 Å². The molecule has 0 spiro atoms. The molecule has 0 aromatic heterocycles. The van der Waals surface area contributed by atoms with E-state index in [2.05, 4.69) is 17.2 Å². The highest BCUT2D eigenvalue weighted by molar-refractivity contribution is 8.00. The van der Waals surface area contributed by atoms with Crippen molar-refractivity contribution in [3.8, 4) is 11.8 Å². The molecule has 0 radical (unpaired) electrons. The minimum atomic E-state index is -0.278. The lowest BCUT2D eigenvalue weighted by atomic mass is 10.2. The molecule has 21 heavy (non-hydrogen) atoms. The summed E-state index contributed by atoms with van der Waals surface area (Å²) in [6.45, 7) is 0.317. The zero-order chi connectivity index (χ0) is 14.9. The maximum Gasteiger partial charge on any atom is 0.231 e. The maximum absolute atomic E-state index is 12.7. The molecule has 2 rings (SSSR count). The Morgan fingerprint density at radius 2 is 1.81 bits per heavy atom. The number of carbonyl (C=O) groups is 1. The number of thioether (sulfide) groups is 1. The van der Waals surface area contributed by atoms with E-state index < -0.39 is 0 Å². The second-order valence-corrected chi connectivity index (χ2v) is 5.24. The Bertz CT molecular complexity index is 644. The molecule has 0 bridgehead atoms. The van der Waals surface area contributed by atoms with Crippen LogP contribution in [0, 0.1) is 17.7 Å². The van der Waals surface area contributed by atoms with Gasteiger partial charge in [-0.2, -0.15) is 0 Å². The molecule has 1 amide bonds. The molecule has 0 aliphatic rings. The lowest BCUT2D eigenvalue weighted by Crippen LogP contribution is -2.25. The first-order valence-electron chi connectivity index (χ1n) is 6.43. The second kappa shape index (κ2) is 8.13. The standard InChI is InChI=1S/C17H14FNOS/c18-15-8-10-16(11-9-15)21-13-17(20)19-12-4-7-14-5-2-1-3-6-14/h1-3,5-6,8-11H,12-13H2,(H,19,20). The van der Waals surface area contributed by atoms with Crippen molar-refractivity contribution >= 4 is 17.7 Å². The number of benzene rings is 2. The molecule has 1 N–H and O–H groups in total. The summed E-state index contributed by atoms with van der Waals surface area (Å²) in [7, 11) is 0. The molecular formula is C17H14FNOS. The van der Waals surface area contributed by atoms with E-state index in [1.165, 1.54) is 23.9 Å². The third-order valence-corrected chi connectivity index (χ3v) is 3.58. The first-order chi connectivity index (χ1) is 10.2. The predicted molar refractivity (Wildman–Crippen MR) is 83.5 cm³/mol. The van der Waals surface area contributed by atoms with Crippen LogP contribution in [0.15, 0.2) is 59.5 Å². The Hall–Kier alpha value is -2.25. The van der Waals surface area contributed by atoms with Crippen molar-refractivity contribution in [3.05, 3.63) is 66.0 Å². The SMILES string of the molecule is O=C(CSc1ccc(F)cc1)NCC#Cc1ccccc1. The number of hydrogen-bond donors (Lipinski definition) is 1. The predicted octanol–water partition coefficient (Wildman–Crippen LogP) is 3.09. The van der Waals surface area contributed by atoms with Crippen LogP contribution in [0.4, 0.5) is 4.39 Å². The molecule has 106 valence electrons. The van der Waals surface area contributed by atoms with Gasteiger partial charge in [0, 0.05) is 10.5 Å². The van der Waals surface area contributed by atoms with Crippen LogP contribution in [0.5, 0.6) is 0 Å². The Kier molecular flexibility index (Phi) is 5.86. The number of amides is 1. The molecule has 0 fully saturated rings. The third kappa shape index (κ3) is 5.72. The summed E-state index contributed by atoms with van der Waals surface area (Å²) in [4.78, 5) is 12.5. The van der Waals surface area contributed by atoms with Gasteiger partial charge in [0.15, 0.2) is 0 Å². The van der Waals surface area contributed by atoms with Crippen LogP contribution in [0.3, 0.4) is 0 Å². The lowest BCUT2D eigenvalue weighted by Gasteiger charge is -2.01. The quantitative estimate of drug-likeness (QED) is 0.694. The van der Waals surface area contributed by atoms with Gasteiger partial charge in [-0.3, -0.25) is 4.79 Å². The van der Waals surface area contributed by atoms with Crippen LogP contribution in [0.25, 0.3) is 0 Å². The van der Waals surface area contributed by atoms with Crippen molar-refractivity contribution in [2.45, 2.75) is 4.90 Å². The number of hydrogen-bond acceptors (Lipinski definition) is 2. The topological polar surface area (TPSA) is 29.1 Å². The first-order valence-corrected chi connectivity index (χ1v) is 7.41. The van der Waals surface area contributed by atoms with Crippen molar-refractivity contribution < 1.29 is 9.18 Å². The minimum Gasteiger partial charge on any atom is -0.344 e. The van der Waals surface area contributed by atoms with Gasteiger partial charge in [-0.1, -0.05) is 30.0 Å². The van der Waals surface area contributed by atoms with Gasteiger partial charge in [-0.25, -0.2) is 4.39 Å². The van der Waals surface area contributed by atoms with E-state index in [9.17, 15) is 9.18 Å². The maximum atomic E-state index is 12.7. The number of halogens is 1. The molecule has 0 saturated heterocycles. The van der Waals surface area contributed by atoms with Crippen molar-refractivity contribution in [1.82, 2.24) is 5.32 Å².